The van der Waals surface area contributed by atoms with Gasteiger partial charge in [0.2, 0.25) is 0 Å². The van der Waals surface area contributed by atoms with Crippen LogP contribution in [0.1, 0.15) is 31.4 Å². The third kappa shape index (κ3) is 7.00. The fourth-order valence-corrected chi connectivity index (χ4v) is 13.4. The van der Waals surface area contributed by atoms with Crippen molar-refractivity contribution in [2.75, 3.05) is 9.80 Å². The van der Waals surface area contributed by atoms with Gasteiger partial charge in [0, 0.05) is 76.2 Å². The van der Waals surface area contributed by atoms with E-state index in [4.69, 9.17) is 0 Å². The number of hydrogen-bond acceptors (Lipinski definition) is 3. The summed E-state index contributed by atoms with van der Waals surface area (Å²) in [5, 5.41) is 5.04. The van der Waals surface area contributed by atoms with Gasteiger partial charge in [0.1, 0.15) is 0 Å². The lowest BCUT2D eigenvalue weighted by Crippen LogP contribution is -2.29. The molecule has 1 atom stereocenters. The van der Waals surface area contributed by atoms with Gasteiger partial charge in [-0.05, 0) is 131 Å². The molecule has 0 saturated carbocycles. The number of fused-ring (bicyclic) bond motifs is 10. The van der Waals surface area contributed by atoms with E-state index in [9.17, 15) is 0 Å². The highest BCUT2D eigenvalue weighted by molar-refractivity contribution is 7.26. The van der Waals surface area contributed by atoms with Crippen molar-refractivity contribution in [3.8, 4) is 27.9 Å². The number of para-hydroxylation sites is 4. The van der Waals surface area contributed by atoms with E-state index in [2.05, 4.69) is 283 Å². The molecule has 4 heteroatoms. The summed E-state index contributed by atoms with van der Waals surface area (Å²) in [7, 11) is 0. The Morgan fingerprint density at radius 3 is 1.81 bits per heavy atom. The largest absolute Gasteiger partial charge is 0.314 e. The summed E-state index contributed by atoms with van der Waals surface area (Å²) < 4.78 is 5.05. The molecule has 0 fully saturated rings. The average molecular weight is 954 g/mol. The zero-order valence-electron chi connectivity index (χ0n) is 40.8. The first-order chi connectivity index (χ1) is 36.0. The summed E-state index contributed by atoms with van der Waals surface area (Å²) in [4.78, 5) is 5.00. The third-order valence-corrected chi connectivity index (χ3v) is 16.9. The van der Waals surface area contributed by atoms with E-state index in [-0.39, 0.29) is 5.41 Å². The lowest BCUT2D eigenvalue weighted by Gasteiger charge is -2.37. The van der Waals surface area contributed by atoms with Gasteiger partial charge in [-0.2, -0.15) is 0 Å². The van der Waals surface area contributed by atoms with Crippen molar-refractivity contribution in [2.45, 2.75) is 25.7 Å². The van der Waals surface area contributed by atoms with Gasteiger partial charge >= 0.3 is 0 Å². The van der Waals surface area contributed by atoms with E-state index in [1.807, 2.05) is 11.3 Å². The van der Waals surface area contributed by atoms with E-state index in [0.29, 0.717) is 5.92 Å². The fourth-order valence-electron chi connectivity index (χ4n) is 12.2. The first kappa shape index (κ1) is 43.1. The Morgan fingerprint density at radius 2 is 1.05 bits per heavy atom. The lowest BCUT2D eigenvalue weighted by atomic mass is 9.73. The zero-order chi connectivity index (χ0) is 48.6. The van der Waals surface area contributed by atoms with Crippen LogP contribution < -0.4 is 9.80 Å². The maximum Gasteiger partial charge on any atom is 0.0634 e. The Bertz CT molecular complexity index is 4130. The topological polar surface area (TPSA) is 11.4 Å². The van der Waals surface area contributed by atoms with Crippen molar-refractivity contribution in [3.63, 3.8) is 0 Å². The maximum atomic E-state index is 2.59. The summed E-state index contributed by atoms with van der Waals surface area (Å²) in [5.74, 6) is 0.307. The van der Waals surface area contributed by atoms with Crippen LogP contribution in [0.3, 0.4) is 0 Å². The second kappa shape index (κ2) is 17.3. The van der Waals surface area contributed by atoms with Gasteiger partial charge in [0.15, 0.2) is 0 Å². The molecule has 348 valence electrons. The molecule has 73 heavy (non-hydrogen) atoms. The molecule has 3 nitrogen and oxygen atoms in total. The number of allylic oxidation sites excluding steroid dienone is 4. The van der Waals surface area contributed by atoms with Crippen LogP contribution in [0.4, 0.5) is 28.4 Å². The number of aromatic nitrogens is 1. The fraction of sp³-hybridized carbons (Fsp3) is 0.0725. The average Bonchev–Trinajstić information content (AvgIpc) is 4.09. The van der Waals surface area contributed by atoms with Gasteiger partial charge in [-0.1, -0.05) is 184 Å². The first-order valence-electron chi connectivity index (χ1n) is 25.4. The van der Waals surface area contributed by atoms with E-state index >= 15 is 0 Å². The standard InChI is InChI=1S/C69H51N3S/c1-69(2)61-32-18-15-29-54(61)55-41-39-52(43-62(55)69)71(49-25-11-5-12-26-49)64-44-53(70(48-23-9-4-10-24-48)51-37-35-47(36-38-51)46-21-7-3-8-22-46)40-42-57(64)60-45-59-56-30-16-19-33-63(56)72(50-27-13-6-14-28-50)67(59)66-58-31-17-20-34-65(58)73-68(60)66/h3-42,44-45,62H,43H2,1-2H3. The normalized spacial score (nSPS) is 14.8. The smallest absolute Gasteiger partial charge is 0.0634 e. The monoisotopic (exact) mass is 953 g/mol. The van der Waals surface area contributed by atoms with Gasteiger partial charge in [0.05, 0.1) is 16.7 Å². The number of benzene rings is 10. The minimum absolute atomic E-state index is 0.0494. The van der Waals surface area contributed by atoms with Crippen LogP contribution in [-0.2, 0) is 5.41 Å². The van der Waals surface area contributed by atoms with Crippen molar-refractivity contribution >= 4 is 87.3 Å². The second-order valence-corrected chi connectivity index (χ2v) is 21.1. The number of nitrogens with zero attached hydrogens (tertiary/aromatic N) is 3. The molecule has 1 unspecified atom stereocenters. The Morgan fingerprint density at radius 1 is 0.466 bits per heavy atom. The van der Waals surface area contributed by atoms with Gasteiger partial charge < -0.3 is 14.4 Å². The highest BCUT2D eigenvalue weighted by Crippen LogP contribution is 2.56. The Hall–Kier alpha value is -8.70. The van der Waals surface area contributed by atoms with Crippen molar-refractivity contribution in [3.05, 3.63) is 272 Å². The molecule has 14 rings (SSSR count). The van der Waals surface area contributed by atoms with Crippen molar-refractivity contribution < 1.29 is 0 Å². The molecule has 0 amide bonds. The van der Waals surface area contributed by atoms with Crippen LogP contribution in [-0.4, -0.2) is 4.57 Å². The third-order valence-electron chi connectivity index (χ3n) is 15.7. The summed E-state index contributed by atoms with van der Waals surface area (Å²) in [6, 6.07) is 89.3. The van der Waals surface area contributed by atoms with Crippen molar-refractivity contribution in [1.82, 2.24) is 4.57 Å². The van der Waals surface area contributed by atoms with E-state index in [1.54, 1.807) is 0 Å². The Labute approximate surface area is 430 Å². The van der Waals surface area contributed by atoms with Gasteiger partial charge in [-0.15, -0.1) is 11.3 Å². The summed E-state index contributed by atoms with van der Waals surface area (Å²) >= 11 is 1.91. The predicted molar refractivity (Wildman–Crippen MR) is 311 cm³/mol. The summed E-state index contributed by atoms with van der Waals surface area (Å²) in [6.45, 7) is 4.89. The van der Waals surface area contributed by atoms with Crippen LogP contribution >= 0.6 is 11.3 Å². The zero-order valence-corrected chi connectivity index (χ0v) is 41.6. The Balaban J connectivity index is 1.06. The van der Waals surface area contributed by atoms with Crippen LogP contribution in [0.25, 0.3) is 75.5 Å². The molecule has 0 saturated heterocycles. The quantitative estimate of drug-likeness (QED) is 0.143. The molecule has 0 N–H and O–H groups in total. The van der Waals surface area contributed by atoms with Crippen LogP contribution in [0.2, 0.25) is 0 Å². The highest BCUT2D eigenvalue weighted by atomic mass is 32.1. The van der Waals surface area contributed by atoms with Crippen molar-refractivity contribution in [2.24, 2.45) is 5.92 Å². The number of anilines is 5. The van der Waals surface area contributed by atoms with Crippen molar-refractivity contribution in [1.29, 1.82) is 0 Å². The van der Waals surface area contributed by atoms with Gasteiger partial charge in [-0.25, -0.2) is 0 Å². The molecule has 0 spiro atoms. The molecule has 12 aromatic rings. The Kier molecular flexibility index (Phi) is 10.2. The van der Waals surface area contributed by atoms with Gasteiger partial charge in [-0.3, -0.25) is 0 Å². The number of hydrogen-bond donors (Lipinski definition) is 0. The molecule has 0 radical (unpaired) electrons. The van der Waals surface area contributed by atoms with E-state index in [1.165, 1.54) is 86.6 Å². The first-order valence-corrected chi connectivity index (χ1v) is 26.2. The molecular weight excluding hydrogens is 903 g/mol. The van der Waals surface area contributed by atoms with Crippen LogP contribution in [0.5, 0.6) is 0 Å². The lowest BCUT2D eigenvalue weighted by molar-refractivity contribution is 0.406. The molecule has 2 aliphatic rings. The molecule has 2 aliphatic carbocycles. The van der Waals surface area contributed by atoms with Crippen LogP contribution in [0, 0.1) is 5.92 Å². The molecule has 0 aliphatic heterocycles. The predicted octanol–water partition coefficient (Wildman–Crippen LogP) is 19.4. The number of rotatable bonds is 9. The number of thiophene rings is 1. The van der Waals surface area contributed by atoms with E-state index in [0.717, 1.165) is 40.5 Å². The summed E-state index contributed by atoms with van der Waals surface area (Å²) in [6.07, 6.45) is 5.73. The van der Waals surface area contributed by atoms with E-state index < -0.39 is 0 Å². The maximum absolute atomic E-state index is 2.59. The van der Waals surface area contributed by atoms with Gasteiger partial charge in [0.25, 0.3) is 0 Å². The molecule has 2 aromatic heterocycles. The minimum Gasteiger partial charge on any atom is -0.314 e. The highest BCUT2D eigenvalue weighted by Gasteiger charge is 2.44. The summed E-state index contributed by atoms with van der Waals surface area (Å²) in [5.41, 5.74) is 19.4. The molecule has 2 heterocycles. The molecular formula is C69H51N3S. The second-order valence-electron chi connectivity index (χ2n) is 20.1. The minimum atomic E-state index is -0.0494. The molecule has 10 aromatic carbocycles. The van der Waals surface area contributed by atoms with Crippen LogP contribution in [0.15, 0.2) is 261 Å². The molecule has 0 bridgehead atoms. The SMILES string of the molecule is CC1(C)c2ccccc2C2=CC=C(N(c3ccccc3)c3cc(N(c4ccccc4)c4ccc(-c5ccccc5)cc4)ccc3-c3cc4c5ccccc5n(-c5ccccc5)c4c4c3sc3ccccc34)CC21.